The van der Waals surface area contributed by atoms with E-state index in [0.717, 1.165) is 19.3 Å². The van der Waals surface area contributed by atoms with E-state index in [1.807, 2.05) is 6.92 Å². The predicted octanol–water partition coefficient (Wildman–Crippen LogP) is 0.153. The Labute approximate surface area is 105 Å². The lowest BCUT2D eigenvalue weighted by molar-refractivity contribution is -0.122. The number of nitrogens with one attached hydrogen (secondary N) is 2. The molecule has 1 aromatic heterocycles. The van der Waals surface area contributed by atoms with Crippen LogP contribution in [0.3, 0.4) is 0 Å². The van der Waals surface area contributed by atoms with Crippen LogP contribution < -0.4 is 10.6 Å². The number of hydrogen-bond donors (Lipinski definition) is 2. The molecule has 0 aliphatic heterocycles. The van der Waals surface area contributed by atoms with E-state index in [-0.39, 0.29) is 24.3 Å². The van der Waals surface area contributed by atoms with Crippen LogP contribution >= 0.6 is 0 Å². The highest BCUT2D eigenvalue weighted by Crippen LogP contribution is 2.27. The van der Waals surface area contributed by atoms with Gasteiger partial charge in [-0.25, -0.2) is 4.68 Å². The molecular weight excluding hydrogens is 234 g/mol. The van der Waals surface area contributed by atoms with E-state index in [4.69, 9.17) is 0 Å². The summed E-state index contributed by atoms with van der Waals surface area (Å²) in [7, 11) is 0. The van der Waals surface area contributed by atoms with Gasteiger partial charge in [0.2, 0.25) is 11.8 Å². The third-order valence-corrected chi connectivity index (χ3v) is 2.95. The molecule has 1 aromatic rings. The number of amides is 2. The lowest BCUT2D eigenvalue weighted by atomic mass is 9.85. The first-order valence-corrected chi connectivity index (χ1v) is 6.16. The molecular formula is C11H17N5O2. The van der Waals surface area contributed by atoms with Gasteiger partial charge >= 0.3 is 0 Å². The number of hydrogen-bond acceptors (Lipinski definition) is 4. The van der Waals surface area contributed by atoms with Gasteiger partial charge in [0.15, 0.2) is 5.82 Å². The Morgan fingerprint density at radius 2 is 2.28 bits per heavy atom. The second-order valence-corrected chi connectivity index (χ2v) is 4.37. The van der Waals surface area contributed by atoms with Crippen molar-refractivity contribution in [2.75, 3.05) is 11.9 Å². The Hall–Kier alpha value is -1.92. The molecule has 0 spiro atoms. The van der Waals surface area contributed by atoms with Crippen molar-refractivity contribution in [1.29, 1.82) is 0 Å². The normalized spacial score (nSPS) is 14.9. The third-order valence-electron chi connectivity index (χ3n) is 2.95. The molecule has 2 amide bonds. The topological polar surface area (TPSA) is 88.9 Å². The van der Waals surface area contributed by atoms with Crippen LogP contribution in [0.2, 0.25) is 0 Å². The standard InChI is InChI=1S/C11H17N5O2/c1-2-12-10(17)7-16-6-9(14-15-16)13-11(18)8-4-3-5-8/h6,8H,2-5,7H2,1H3,(H,12,17)(H,13,18). The van der Waals surface area contributed by atoms with Crippen molar-refractivity contribution in [2.45, 2.75) is 32.7 Å². The quantitative estimate of drug-likeness (QED) is 0.779. The average Bonchev–Trinajstić information content (AvgIpc) is 2.62. The summed E-state index contributed by atoms with van der Waals surface area (Å²) in [6, 6.07) is 0. The maximum Gasteiger partial charge on any atom is 0.241 e. The van der Waals surface area contributed by atoms with Crippen molar-refractivity contribution >= 4 is 17.6 Å². The highest BCUT2D eigenvalue weighted by molar-refractivity contribution is 5.92. The minimum atomic E-state index is -0.126. The Balaban J connectivity index is 1.85. The van der Waals surface area contributed by atoms with E-state index in [2.05, 4.69) is 20.9 Å². The van der Waals surface area contributed by atoms with Crippen LogP contribution in [0.25, 0.3) is 0 Å². The molecule has 0 saturated heterocycles. The van der Waals surface area contributed by atoms with Gasteiger partial charge in [-0.15, -0.1) is 5.10 Å². The highest BCUT2D eigenvalue weighted by atomic mass is 16.2. The summed E-state index contributed by atoms with van der Waals surface area (Å²) in [5, 5.41) is 13.0. The second kappa shape index (κ2) is 5.61. The zero-order valence-electron chi connectivity index (χ0n) is 10.3. The molecule has 1 aliphatic carbocycles. The van der Waals surface area contributed by atoms with Gasteiger partial charge in [-0.05, 0) is 19.8 Å². The fraction of sp³-hybridized carbons (Fsp3) is 0.636. The number of likely N-dealkylation sites (N-methyl/N-ethyl adjacent to an activating group) is 1. The number of nitrogens with zero attached hydrogens (tertiary/aromatic N) is 3. The van der Waals surface area contributed by atoms with Crippen LogP contribution in [0.4, 0.5) is 5.82 Å². The van der Waals surface area contributed by atoms with Crippen molar-refractivity contribution in [3.63, 3.8) is 0 Å². The molecule has 0 aromatic carbocycles. The average molecular weight is 251 g/mol. The summed E-state index contributed by atoms with van der Waals surface area (Å²) in [4.78, 5) is 23.0. The van der Waals surface area contributed by atoms with Crippen LogP contribution in [0, 0.1) is 5.92 Å². The fourth-order valence-corrected chi connectivity index (χ4v) is 1.73. The van der Waals surface area contributed by atoms with Gasteiger partial charge in [0.05, 0.1) is 6.20 Å². The SMILES string of the molecule is CCNC(=O)Cn1cc(NC(=O)C2CCC2)nn1. The van der Waals surface area contributed by atoms with Crippen molar-refractivity contribution in [3.8, 4) is 0 Å². The Kier molecular flexibility index (Phi) is 3.91. The van der Waals surface area contributed by atoms with Crippen molar-refractivity contribution in [2.24, 2.45) is 5.92 Å². The van der Waals surface area contributed by atoms with Gasteiger partial charge in [0.1, 0.15) is 6.54 Å². The zero-order valence-corrected chi connectivity index (χ0v) is 10.3. The predicted molar refractivity (Wildman–Crippen MR) is 64.7 cm³/mol. The van der Waals surface area contributed by atoms with E-state index >= 15 is 0 Å². The van der Waals surface area contributed by atoms with Crippen molar-refractivity contribution < 1.29 is 9.59 Å². The molecule has 0 atom stereocenters. The van der Waals surface area contributed by atoms with E-state index in [1.54, 1.807) is 6.20 Å². The van der Waals surface area contributed by atoms with Gasteiger partial charge in [-0.1, -0.05) is 11.6 Å². The molecule has 1 aliphatic rings. The van der Waals surface area contributed by atoms with E-state index in [9.17, 15) is 9.59 Å². The van der Waals surface area contributed by atoms with E-state index in [0.29, 0.717) is 12.4 Å². The monoisotopic (exact) mass is 251 g/mol. The van der Waals surface area contributed by atoms with Crippen LogP contribution in [0.5, 0.6) is 0 Å². The summed E-state index contributed by atoms with van der Waals surface area (Å²) in [5.41, 5.74) is 0. The molecule has 0 bridgehead atoms. The summed E-state index contributed by atoms with van der Waals surface area (Å²) < 4.78 is 1.40. The number of anilines is 1. The molecule has 18 heavy (non-hydrogen) atoms. The zero-order chi connectivity index (χ0) is 13.0. The van der Waals surface area contributed by atoms with Crippen LogP contribution in [0.1, 0.15) is 26.2 Å². The van der Waals surface area contributed by atoms with Crippen molar-refractivity contribution in [1.82, 2.24) is 20.3 Å². The lowest BCUT2D eigenvalue weighted by Crippen LogP contribution is -2.28. The molecule has 0 radical (unpaired) electrons. The van der Waals surface area contributed by atoms with Crippen LogP contribution in [0.15, 0.2) is 6.20 Å². The van der Waals surface area contributed by atoms with Crippen LogP contribution in [-0.4, -0.2) is 33.4 Å². The largest absolute Gasteiger partial charge is 0.355 e. The molecule has 0 unspecified atom stereocenters. The maximum atomic E-state index is 11.7. The lowest BCUT2D eigenvalue weighted by Gasteiger charge is -2.23. The number of rotatable bonds is 5. The smallest absolute Gasteiger partial charge is 0.241 e. The van der Waals surface area contributed by atoms with Gasteiger partial charge in [-0.2, -0.15) is 0 Å². The van der Waals surface area contributed by atoms with Gasteiger partial charge in [-0.3, -0.25) is 9.59 Å². The summed E-state index contributed by atoms with van der Waals surface area (Å²) in [5.74, 6) is 0.375. The Morgan fingerprint density at radius 3 is 2.89 bits per heavy atom. The number of carbonyl (C=O) groups is 2. The first-order chi connectivity index (χ1) is 8.69. The van der Waals surface area contributed by atoms with Crippen LogP contribution in [-0.2, 0) is 16.1 Å². The van der Waals surface area contributed by atoms with Crippen molar-refractivity contribution in [3.05, 3.63) is 6.20 Å². The molecule has 7 heteroatoms. The summed E-state index contributed by atoms with van der Waals surface area (Å²) >= 11 is 0. The first kappa shape index (κ1) is 12.5. The van der Waals surface area contributed by atoms with E-state index in [1.165, 1.54) is 4.68 Å². The van der Waals surface area contributed by atoms with E-state index < -0.39 is 0 Å². The fourth-order valence-electron chi connectivity index (χ4n) is 1.73. The molecule has 1 heterocycles. The Morgan fingerprint density at radius 1 is 1.50 bits per heavy atom. The van der Waals surface area contributed by atoms with Gasteiger partial charge < -0.3 is 10.6 Å². The minimum Gasteiger partial charge on any atom is -0.355 e. The second-order valence-electron chi connectivity index (χ2n) is 4.37. The highest BCUT2D eigenvalue weighted by Gasteiger charge is 2.25. The first-order valence-electron chi connectivity index (χ1n) is 6.16. The molecule has 1 fully saturated rings. The molecule has 7 nitrogen and oxygen atoms in total. The summed E-state index contributed by atoms with van der Waals surface area (Å²) in [6.45, 7) is 2.54. The summed E-state index contributed by atoms with van der Waals surface area (Å²) in [6.07, 6.45) is 4.56. The number of aromatic nitrogens is 3. The third kappa shape index (κ3) is 3.06. The van der Waals surface area contributed by atoms with Gasteiger partial charge in [0, 0.05) is 12.5 Å². The maximum absolute atomic E-state index is 11.7. The molecule has 98 valence electrons. The van der Waals surface area contributed by atoms with Gasteiger partial charge in [0.25, 0.3) is 0 Å². The Bertz CT molecular complexity index is 438. The number of carbonyl (C=O) groups excluding carboxylic acids is 2. The molecule has 2 rings (SSSR count). The molecule has 2 N–H and O–H groups in total. The minimum absolute atomic E-state index is 0.00805. The molecule has 1 saturated carbocycles.